The van der Waals surface area contributed by atoms with Gasteiger partial charge in [-0.25, -0.2) is 8.78 Å². The van der Waals surface area contributed by atoms with Crippen LogP contribution in [0.25, 0.3) is 0 Å². The van der Waals surface area contributed by atoms with E-state index in [1.165, 1.54) is 6.07 Å². The summed E-state index contributed by atoms with van der Waals surface area (Å²) in [6.07, 6.45) is -2.69. The van der Waals surface area contributed by atoms with Crippen molar-refractivity contribution in [1.82, 2.24) is 19.6 Å². The van der Waals surface area contributed by atoms with Crippen molar-refractivity contribution in [3.8, 4) is 0 Å². The highest BCUT2D eigenvalue weighted by molar-refractivity contribution is 5.91. The second kappa shape index (κ2) is 7.92. The third-order valence-electron chi connectivity index (χ3n) is 4.68. The molecule has 148 valence electrons. The first-order valence-electron chi connectivity index (χ1n) is 8.97. The fourth-order valence-electron chi connectivity index (χ4n) is 3.16. The molecule has 8 heteroatoms. The fourth-order valence-corrected chi connectivity index (χ4v) is 3.16. The van der Waals surface area contributed by atoms with Crippen LogP contribution < -0.4 is 5.32 Å². The lowest BCUT2D eigenvalue weighted by Gasteiger charge is -2.10. The molecule has 2 heterocycles. The maximum absolute atomic E-state index is 13.1. The third-order valence-corrected chi connectivity index (χ3v) is 4.68. The van der Waals surface area contributed by atoms with Crippen LogP contribution in [-0.2, 0) is 17.9 Å². The van der Waals surface area contributed by atoms with Gasteiger partial charge in [-0.15, -0.1) is 0 Å². The quantitative estimate of drug-likeness (QED) is 0.697. The lowest BCUT2D eigenvalue weighted by Crippen LogP contribution is -2.21. The zero-order valence-electron chi connectivity index (χ0n) is 16.3. The van der Waals surface area contributed by atoms with Crippen molar-refractivity contribution in [2.75, 3.05) is 5.32 Å². The molecule has 0 bridgehead atoms. The summed E-state index contributed by atoms with van der Waals surface area (Å²) in [5.74, 6) is -0.424. The Balaban J connectivity index is 1.77. The monoisotopic (exact) mass is 387 g/mol. The molecule has 3 aromatic rings. The van der Waals surface area contributed by atoms with Crippen LogP contribution in [0.5, 0.6) is 0 Å². The summed E-state index contributed by atoms with van der Waals surface area (Å²) >= 11 is 0. The Morgan fingerprint density at radius 1 is 1.11 bits per heavy atom. The minimum atomic E-state index is -2.69. The van der Waals surface area contributed by atoms with E-state index in [4.69, 9.17) is 0 Å². The van der Waals surface area contributed by atoms with Crippen molar-refractivity contribution in [2.45, 2.75) is 47.2 Å². The third kappa shape index (κ3) is 4.11. The predicted molar refractivity (Wildman–Crippen MR) is 103 cm³/mol. The molecule has 3 rings (SSSR count). The second-order valence-electron chi connectivity index (χ2n) is 6.85. The molecule has 0 spiro atoms. The van der Waals surface area contributed by atoms with Crippen LogP contribution in [0, 0.1) is 27.7 Å². The Bertz CT molecular complexity index is 1010. The number of nitrogens with one attached hydrogen (secondary N) is 1. The van der Waals surface area contributed by atoms with Gasteiger partial charge in [-0.2, -0.15) is 10.2 Å². The number of amides is 1. The largest absolute Gasteiger partial charge is 0.321 e. The number of carbonyl (C=O) groups excluding carboxylic acids is 1. The van der Waals surface area contributed by atoms with Gasteiger partial charge in [0.2, 0.25) is 5.91 Å². The Morgan fingerprint density at radius 2 is 1.82 bits per heavy atom. The van der Waals surface area contributed by atoms with Crippen LogP contribution in [0.3, 0.4) is 0 Å². The fraction of sp³-hybridized carbons (Fsp3) is 0.350. The number of carbonyl (C=O) groups is 1. The normalized spacial score (nSPS) is 11.2. The lowest BCUT2D eigenvalue weighted by molar-refractivity contribution is -0.117. The van der Waals surface area contributed by atoms with Gasteiger partial charge < -0.3 is 5.32 Å². The Labute approximate surface area is 162 Å². The summed E-state index contributed by atoms with van der Waals surface area (Å²) in [5.41, 5.74) is 4.55. The average molecular weight is 387 g/mol. The Kier molecular flexibility index (Phi) is 5.58. The van der Waals surface area contributed by atoms with Crippen molar-refractivity contribution in [3.05, 3.63) is 64.2 Å². The first-order valence-corrected chi connectivity index (χ1v) is 8.97. The summed E-state index contributed by atoms with van der Waals surface area (Å²) in [6.45, 7) is 7.63. The molecular weight excluding hydrogens is 364 g/mol. The highest BCUT2D eigenvalue weighted by Gasteiger charge is 2.19. The van der Waals surface area contributed by atoms with E-state index in [1.807, 2.05) is 42.8 Å². The number of aryl methyl sites for hydroxylation is 3. The molecule has 2 aromatic heterocycles. The predicted octanol–water partition coefficient (Wildman–Crippen LogP) is 3.94. The highest BCUT2D eigenvalue weighted by Crippen LogP contribution is 2.22. The van der Waals surface area contributed by atoms with Crippen LogP contribution in [0.1, 0.15) is 40.3 Å². The van der Waals surface area contributed by atoms with Gasteiger partial charge in [0, 0.05) is 0 Å². The summed E-state index contributed by atoms with van der Waals surface area (Å²) in [5, 5.41) is 11.3. The Morgan fingerprint density at radius 3 is 2.50 bits per heavy atom. The molecule has 0 fully saturated rings. The number of rotatable bonds is 6. The first kappa shape index (κ1) is 19.7. The maximum atomic E-state index is 13.1. The van der Waals surface area contributed by atoms with Gasteiger partial charge in [-0.05, 0) is 44.9 Å². The van der Waals surface area contributed by atoms with Gasteiger partial charge in [-0.3, -0.25) is 14.2 Å². The summed E-state index contributed by atoms with van der Waals surface area (Å²) in [4.78, 5) is 12.4. The van der Waals surface area contributed by atoms with Crippen LogP contribution in [0.4, 0.5) is 14.5 Å². The number of anilines is 1. The van der Waals surface area contributed by atoms with E-state index in [-0.39, 0.29) is 12.2 Å². The average Bonchev–Trinajstić information content (AvgIpc) is 3.11. The van der Waals surface area contributed by atoms with Crippen LogP contribution in [0.15, 0.2) is 30.3 Å². The van der Waals surface area contributed by atoms with Gasteiger partial charge in [0.25, 0.3) is 6.43 Å². The molecule has 1 amide bonds. The topological polar surface area (TPSA) is 64.7 Å². The summed E-state index contributed by atoms with van der Waals surface area (Å²) in [6, 6.07) is 9.32. The molecule has 1 N–H and O–H groups in total. The van der Waals surface area contributed by atoms with Crippen molar-refractivity contribution in [3.63, 3.8) is 0 Å². The number of aromatic nitrogens is 4. The van der Waals surface area contributed by atoms with Crippen LogP contribution in [0.2, 0.25) is 0 Å². The van der Waals surface area contributed by atoms with E-state index < -0.39 is 12.3 Å². The minimum absolute atomic E-state index is 0.267. The molecule has 0 saturated carbocycles. The summed E-state index contributed by atoms with van der Waals surface area (Å²) < 4.78 is 29.0. The Hall–Kier alpha value is -3.03. The van der Waals surface area contributed by atoms with E-state index in [0.717, 1.165) is 21.5 Å². The molecular formula is C20H23F2N5O. The standard InChI is InChI=1S/C20H23F2N5O/c1-12-7-5-6-8-16(12)10-26-15(4)19(14(3)25-26)23-18(28)11-27-17(20(21)22)9-13(2)24-27/h5-9,20H,10-11H2,1-4H3,(H,23,28). The second-order valence-corrected chi connectivity index (χ2v) is 6.85. The molecule has 0 saturated heterocycles. The van der Waals surface area contributed by atoms with Gasteiger partial charge in [0.15, 0.2) is 0 Å². The van der Waals surface area contributed by atoms with Crippen molar-refractivity contribution in [2.24, 2.45) is 0 Å². The minimum Gasteiger partial charge on any atom is -0.321 e. The summed E-state index contributed by atoms with van der Waals surface area (Å²) in [7, 11) is 0. The molecule has 1 aromatic carbocycles. The first-order chi connectivity index (χ1) is 13.3. The molecule has 0 aliphatic carbocycles. The van der Waals surface area contributed by atoms with Gasteiger partial charge in [-0.1, -0.05) is 24.3 Å². The number of nitrogens with zero attached hydrogens (tertiary/aromatic N) is 4. The SMILES string of the molecule is Cc1cc(C(F)F)n(CC(=O)Nc2c(C)nn(Cc3ccccc3C)c2C)n1. The number of hydrogen-bond donors (Lipinski definition) is 1. The van der Waals surface area contributed by atoms with E-state index in [9.17, 15) is 13.6 Å². The van der Waals surface area contributed by atoms with Gasteiger partial charge in [0.05, 0.1) is 29.3 Å². The zero-order chi connectivity index (χ0) is 20.4. The van der Waals surface area contributed by atoms with E-state index in [2.05, 4.69) is 15.5 Å². The smallest absolute Gasteiger partial charge is 0.280 e. The molecule has 0 atom stereocenters. The van der Waals surface area contributed by atoms with Crippen LogP contribution in [-0.4, -0.2) is 25.5 Å². The molecule has 6 nitrogen and oxygen atoms in total. The number of benzene rings is 1. The van der Waals surface area contributed by atoms with E-state index in [0.29, 0.717) is 23.6 Å². The van der Waals surface area contributed by atoms with Crippen LogP contribution >= 0.6 is 0 Å². The van der Waals surface area contributed by atoms with Crippen molar-refractivity contribution >= 4 is 11.6 Å². The van der Waals surface area contributed by atoms with Crippen molar-refractivity contribution < 1.29 is 13.6 Å². The maximum Gasteiger partial charge on any atom is 0.280 e. The number of alkyl halides is 2. The van der Waals surface area contributed by atoms with Crippen molar-refractivity contribution in [1.29, 1.82) is 0 Å². The highest BCUT2D eigenvalue weighted by atomic mass is 19.3. The van der Waals surface area contributed by atoms with E-state index in [1.54, 1.807) is 13.8 Å². The van der Waals surface area contributed by atoms with Gasteiger partial charge >= 0.3 is 0 Å². The van der Waals surface area contributed by atoms with E-state index >= 15 is 0 Å². The molecule has 0 unspecified atom stereocenters. The van der Waals surface area contributed by atoms with Gasteiger partial charge in [0.1, 0.15) is 12.2 Å². The molecule has 0 radical (unpaired) electrons. The lowest BCUT2D eigenvalue weighted by atomic mass is 10.1. The number of hydrogen-bond acceptors (Lipinski definition) is 3. The molecule has 28 heavy (non-hydrogen) atoms. The molecule has 0 aliphatic heterocycles. The number of halogens is 2. The molecule has 0 aliphatic rings. The zero-order valence-corrected chi connectivity index (χ0v) is 16.3.